The van der Waals surface area contributed by atoms with Crippen LogP contribution in [0.1, 0.15) is 65.5 Å². The summed E-state index contributed by atoms with van der Waals surface area (Å²) >= 11 is 0. The number of carbonyl (C=O) groups excluding carboxylic acids is 2. The SMILES string of the molecule is Cc1[nH]c(C(=O)N2CCC(CC(=O)NC(C)CCc3ccccc3)CC2)c(C)c1C. The summed E-state index contributed by atoms with van der Waals surface area (Å²) in [6.45, 7) is 9.56. The van der Waals surface area contributed by atoms with Crippen LogP contribution in [-0.4, -0.2) is 40.8 Å². The van der Waals surface area contributed by atoms with Gasteiger partial charge in [0.25, 0.3) is 5.91 Å². The molecule has 1 aliphatic heterocycles. The molecule has 1 aliphatic rings. The van der Waals surface area contributed by atoms with Crippen LogP contribution >= 0.6 is 0 Å². The maximum Gasteiger partial charge on any atom is 0.270 e. The zero-order valence-electron chi connectivity index (χ0n) is 18.8. The summed E-state index contributed by atoms with van der Waals surface area (Å²) in [4.78, 5) is 30.5. The number of likely N-dealkylation sites (tertiary alicyclic amines) is 1. The largest absolute Gasteiger partial charge is 0.354 e. The first-order valence-corrected chi connectivity index (χ1v) is 11.1. The summed E-state index contributed by atoms with van der Waals surface area (Å²) in [5, 5.41) is 3.15. The van der Waals surface area contributed by atoms with Crippen LogP contribution in [0.3, 0.4) is 0 Å². The number of aryl methyl sites for hydroxylation is 2. The second-order valence-corrected chi connectivity index (χ2v) is 8.81. The molecular formula is C25H35N3O2. The van der Waals surface area contributed by atoms with Crippen LogP contribution in [0.2, 0.25) is 0 Å². The van der Waals surface area contributed by atoms with Crippen LogP contribution in [-0.2, 0) is 11.2 Å². The Hall–Kier alpha value is -2.56. The first kappa shape index (κ1) is 22.1. The molecule has 2 aromatic rings. The number of hydrogen-bond acceptors (Lipinski definition) is 2. The van der Waals surface area contributed by atoms with Crippen molar-refractivity contribution in [1.29, 1.82) is 0 Å². The minimum Gasteiger partial charge on any atom is -0.354 e. The molecule has 1 fully saturated rings. The van der Waals surface area contributed by atoms with Crippen LogP contribution in [0.5, 0.6) is 0 Å². The molecule has 3 rings (SSSR count). The number of nitrogens with one attached hydrogen (secondary N) is 2. The second kappa shape index (κ2) is 9.96. The number of H-pyrrole nitrogens is 1. The molecule has 1 aromatic carbocycles. The van der Waals surface area contributed by atoms with Gasteiger partial charge in [0, 0.05) is 31.2 Å². The number of nitrogens with zero attached hydrogens (tertiary/aromatic N) is 1. The molecule has 0 spiro atoms. The van der Waals surface area contributed by atoms with Crippen LogP contribution in [0, 0.1) is 26.7 Å². The third kappa shape index (κ3) is 5.53. The summed E-state index contributed by atoms with van der Waals surface area (Å²) in [5.74, 6) is 0.566. The molecule has 1 atom stereocenters. The molecule has 162 valence electrons. The summed E-state index contributed by atoms with van der Waals surface area (Å²) in [6.07, 6.45) is 4.24. The van der Waals surface area contributed by atoms with E-state index in [1.165, 1.54) is 5.56 Å². The highest BCUT2D eigenvalue weighted by molar-refractivity contribution is 5.94. The predicted octanol–water partition coefficient (Wildman–Crippen LogP) is 4.32. The minimum absolute atomic E-state index is 0.0844. The van der Waals surface area contributed by atoms with Gasteiger partial charge in [-0.1, -0.05) is 30.3 Å². The van der Waals surface area contributed by atoms with Gasteiger partial charge in [-0.3, -0.25) is 9.59 Å². The predicted molar refractivity (Wildman–Crippen MR) is 121 cm³/mol. The average Bonchev–Trinajstić information content (AvgIpc) is 3.00. The van der Waals surface area contributed by atoms with Crippen molar-refractivity contribution in [2.45, 2.75) is 65.8 Å². The maximum absolute atomic E-state index is 12.9. The van der Waals surface area contributed by atoms with Gasteiger partial charge >= 0.3 is 0 Å². The topological polar surface area (TPSA) is 65.2 Å². The van der Waals surface area contributed by atoms with Gasteiger partial charge in [-0.2, -0.15) is 0 Å². The molecule has 0 saturated carbocycles. The van der Waals surface area contributed by atoms with E-state index in [0.717, 1.165) is 55.6 Å². The number of aromatic amines is 1. The van der Waals surface area contributed by atoms with Gasteiger partial charge in [0.15, 0.2) is 0 Å². The molecule has 30 heavy (non-hydrogen) atoms. The second-order valence-electron chi connectivity index (χ2n) is 8.81. The molecule has 0 aliphatic carbocycles. The van der Waals surface area contributed by atoms with Gasteiger partial charge in [-0.15, -0.1) is 0 Å². The Morgan fingerprint density at radius 3 is 2.37 bits per heavy atom. The number of piperidine rings is 1. The van der Waals surface area contributed by atoms with E-state index in [0.29, 0.717) is 18.0 Å². The lowest BCUT2D eigenvalue weighted by Gasteiger charge is -2.32. The molecule has 2 amide bonds. The first-order valence-electron chi connectivity index (χ1n) is 11.1. The van der Waals surface area contributed by atoms with Crippen molar-refractivity contribution in [2.24, 2.45) is 5.92 Å². The summed E-state index contributed by atoms with van der Waals surface area (Å²) in [7, 11) is 0. The van der Waals surface area contributed by atoms with Crippen molar-refractivity contribution < 1.29 is 9.59 Å². The van der Waals surface area contributed by atoms with E-state index < -0.39 is 0 Å². The van der Waals surface area contributed by atoms with E-state index in [9.17, 15) is 9.59 Å². The van der Waals surface area contributed by atoms with Gasteiger partial charge < -0.3 is 15.2 Å². The molecular weight excluding hydrogens is 374 g/mol. The number of aromatic nitrogens is 1. The van der Waals surface area contributed by atoms with Gasteiger partial charge in [-0.05, 0) is 76.0 Å². The lowest BCUT2D eigenvalue weighted by molar-refractivity contribution is -0.122. The fourth-order valence-corrected chi connectivity index (χ4v) is 4.25. The molecule has 5 nitrogen and oxygen atoms in total. The molecule has 1 saturated heterocycles. The van der Waals surface area contributed by atoms with Crippen LogP contribution in [0.25, 0.3) is 0 Å². The van der Waals surface area contributed by atoms with Crippen molar-refractivity contribution >= 4 is 11.8 Å². The smallest absolute Gasteiger partial charge is 0.270 e. The monoisotopic (exact) mass is 409 g/mol. The summed E-state index contributed by atoms with van der Waals surface area (Å²) in [5.41, 5.74) is 5.28. The zero-order valence-corrected chi connectivity index (χ0v) is 18.8. The molecule has 1 unspecified atom stereocenters. The van der Waals surface area contributed by atoms with Crippen molar-refractivity contribution in [3.63, 3.8) is 0 Å². The average molecular weight is 410 g/mol. The Bertz CT molecular complexity index is 864. The Morgan fingerprint density at radius 1 is 1.10 bits per heavy atom. The Kier molecular flexibility index (Phi) is 7.35. The van der Waals surface area contributed by atoms with Gasteiger partial charge in [0.1, 0.15) is 5.69 Å². The van der Waals surface area contributed by atoms with E-state index in [-0.39, 0.29) is 17.9 Å². The van der Waals surface area contributed by atoms with Crippen LogP contribution in [0.4, 0.5) is 0 Å². The van der Waals surface area contributed by atoms with E-state index in [1.54, 1.807) is 0 Å². The molecule has 1 aromatic heterocycles. The normalized spacial score (nSPS) is 15.8. The van der Waals surface area contributed by atoms with Gasteiger partial charge in [0.2, 0.25) is 5.91 Å². The molecule has 5 heteroatoms. The first-order chi connectivity index (χ1) is 14.3. The van der Waals surface area contributed by atoms with E-state index >= 15 is 0 Å². The van der Waals surface area contributed by atoms with Crippen molar-refractivity contribution in [2.75, 3.05) is 13.1 Å². The van der Waals surface area contributed by atoms with Crippen molar-refractivity contribution in [1.82, 2.24) is 15.2 Å². The number of rotatable bonds is 7. The van der Waals surface area contributed by atoms with Crippen LogP contribution in [0.15, 0.2) is 30.3 Å². The maximum atomic E-state index is 12.9. The highest BCUT2D eigenvalue weighted by atomic mass is 16.2. The van der Waals surface area contributed by atoms with E-state index in [4.69, 9.17) is 0 Å². The highest BCUT2D eigenvalue weighted by Gasteiger charge is 2.27. The van der Waals surface area contributed by atoms with Crippen molar-refractivity contribution in [3.8, 4) is 0 Å². The number of carbonyl (C=O) groups is 2. The Morgan fingerprint density at radius 2 is 1.77 bits per heavy atom. The van der Waals surface area contributed by atoms with Crippen molar-refractivity contribution in [3.05, 3.63) is 58.4 Å². The van der Waals surface area contributed by atoms with E-state index in [1.807, 2.05) is 31.7 Å². The molecule has 2 heterocycles. The fraction of sp³-hybridized carbons (Fsp3) is 0.520. The third-order valence-electron chi connectivity index (χ3n) is 6.52. The quantitative estimate of drug-likeness (QED) is 0.715. The lowest BCUT2D eigenvalue weighted by atomic mass is 9.92. The Labute approximate surface area is 180 Å². The summed E-state index contributed by atoms with van der Waals surface area (Å²) < 4.78 is 0. The number of hydrogen-bond donors (Lipinski definition) is 2. The molecule has 0 radical (unpaired) electrons. The lowest BCUT2D eigenvalue weighted by Crippen LogP contribution is -2.41. The highest BCUT2D eigenvalue weighted by Crippen LogP contribution is 2.24. The van der Waals surface area contributed by atoms with Gasteiger partial charge in [0.05, 0.1) is 0 Å². The minimum atomic E-state index is 0.0844. The van der Waals surface area contributed by atoms with Crippen LogP contribution < -0.4 is 5.32 Å². The third-order valence-corrected chi connectivity index (χ3v) is 6.52. The van der Waals surface area contributed by atoms with Gasteiger partial charge in [-0.25, -0.2) is 0 Å². The number of benzene rings is 1. The zero-order chi connectivity index (χ0) is 21.7. The molecule has 2 N–H and O–H groups in total. The summed E-state index contributed by atoms with van der Waals surface area (Å²) in [6, 6.07) is 10.5. The standard InChI is InChI=1S/C25H35N3O2/c1-17(10-11-21-8-6-5-7-9-21)26-23(29)16-22-12-14-28(15-13-22)25(30)24-19(3)18(2)20(4)27-24/h5-9,17,22,27H,10-16H2,1-4H3,(H,26,29). The Balaban J connectivity index is 1.41. The number of amides is 2. The molecule has 0 bridgehead atoms. The van der Waals surface area contributed by atoms with E-state index in [2.05, 4.69) is 41.5 Å². The fourth-order valence-electron chi connectivity index (χ4n) is 4.25.